The van der Waals surface area contributed by atoms with Gasteiger partial charge in [-0.1, -0.05) is 53.7 Å². The van der Waals surface area contributed by atoms with Crippen LogP contribution in [0.2, 0.25) is 0 Å². The average molecular weight is 420 g/mol. The zero-order chi connectivity index (χ0) is 21.4. The van der Waals surface area contributed by atoms with E-state index in [1.165, 1.54) is 22.3 Å². The number of hydrogen-bond acceptors (Lipinski definition) is 5. The summed E-state index contributed by atoms with van der Waals surface area (Å²) in [7, 11) is 0. The molecule has 0 saturated carbocycles. The van der Waals surface area contributed by atoms with Crippen molar-refractivity contribution >= 4 is 17.8 Å². The molecule has 31 heavy (non-hydrogen) atoms. The van der Waals surface area contributed by atoms with Crippen molar-refractivity contribution in [2.24, 2.45) is 11.1 Å². The lowest BCUT2D eigenvalue weighted by Crippen LogP contribution is -2.41. The van der Waals surface area contributed by atoms with Gasteiger partial charge in [-0.2, -0.15) is 0 Å². The number of ether oxygens (including phenoxy) is 1. The molecule has 0 bridgehead atoms. The van der Waals surface area contributed by atoms with Crippen LogP contribution >= 0.6 is 0 Å². The molecule has 2 aromatic carbocycles. The number of carbonyl (C=O) groups excluding carboxylic acids is 1. The molecule has 1 atom stereocenters. The normalized spacial score (nSPS) is 20.6. The van der Waals surface area contributed by atoms with Gasteiger partial charge in [0.1, 0.15) is 6.61 Å². The van der Waals surface area contributed by atoms with Gasteiger partial charge in [0.25, 0.3) is 0 Å². The van der Waals surface area contributed by atoms with Crippen LogP contribution in [0.1, 0.15) is 36.3 Å². The number of oxime groups is 1. The fourth-order valence-electron chi connectivity index (χ4n) is 4.85. The Bertz CT molecular complexity index is 996. The third kappa shape index (κ3) is 3.65. The van der Waals surface area contributed by atoms with E-state index in [1.54, 1.807) is 4.90 Å². The Morgan fingerprint density at radius 3 is 2.23 bits per heavy atom. The van der Waals surface area contributed by atoms with Crippen molar-refractivity contribution in [3.05, 3.63) is 59.7 Å². The van der Waals surface area contributed by atoms with Crippen molar-refractivity contribution in [3.8, 4) is 11.1 Å². The van der Waals surface area contributed by atoms with Gasteiger partial charge in [-0.05, 0) is 35.1 Å². The smallest absolute Gasteiger partial charge is 0.409 e. The Kier molecular flexibility index (Phi) is 5.10. The van der Waals surface area contributed by atoms with E-state index in [1.807, 2.05) is 24.3 Å². The highest BCUT2D eigenvalue weighted by Crippen LogP contribution is 2.44. The molecule has 160 valence electrons. The van der Waals surface area contributed by atoms with Gasteiger partial charge >= 0.3 is 12.1 Å². The first-order valence-electron chi connectivity index (χ1n) is 10.7. The number of carboxylic acids is 1. The van der Waals surface area contributed by atoms with Crippen LogP contribution in [-0.4, -0.2) is 53.6 Å². The lowest BCUT2D eigenvalue weighted by molar-refractivity contribution is -0.148. The van der Waals surface area contributed by atoms with E-state index in [0.717, 1.165) is 18.6 Å². The van der Waals surface area contributed by atoms with Gasteiger partial charge in [0.05, 0.1) is 5.71 Å². The zero-order valence-corrected chi connectivity index (χ0v) is 17.1. The monoisotopic (exact) mass is 420 g/mol. The van der Waals surface area contributed by atoms with Crippen LogP contribution in [0.5, 0.6) is 0 Å². The predicted molar refractivity (Wildman–Crippen MR) is 114 cm³/mol. The second-order valence-electron chi connectivity index (χ2n) is 8.28. The Balaban J connectivity index is 1.18. The first-order valence-corrected chi connectivity index (χ1v) is 10.7. The summed E-state index contributed by atoms with van der Waals surface area (Å²) in [6.45, 7) is 1.45. The van der Waals surface area contributed by atoms with Gasteiger partial charge < -0.3 is 19.6 Å². The SMILES string of the molecule is O=C(O)C1CC(C2CCN(C(=O)OCC3c4ccccc4-c4ccccc43)CC2)=NO1. The van der Waals surface area contributed by atoms with E-state index in [-0.39, 0.29) is 17.9 Å². The van der Waals surface area contributed by atoms with E-state index in [0.29, 0.717) is 26.1 Å². The second kappa shape index (κ2) is 8.06. The van der Waals surface area contributed by atoms with E-state index in [4.69, 9.17) is 14.7 Å². The van der Waals surface area contributed by atoms with Crippen LogP contribution < -0.4 is 0 Å². The summed E-state index contributed by atoms with van der Waals surface area (Å²) in [4.78, 5) is 30.5. The van der Waals surface area contributed by atoms with Crippen molar-refractivity contribution in [1.29, 1.82) is 0 Å². The number of carboxylic acid groups (broad SMARTS) is 1. The molecule has 1 amide bonds. The maximum absolute atomic E-state index is 12.7. The largest absolute Gasteiger partial charge is 0.478 e. The van der Waals surface area contributed by atoms with Gasteiger partial charge in [0.15, 0.2) is 0 Å². The lowest BCUT2D eigenvalue weighted by Gasteiger charge is -2.31. The molecule has 0 aromatic heterocycles. The van der Waals surface area contributed by atoms with E-state index < -0.39 is 12.1 Å². The Labute approximate surface area is 180 Å². The molecule has 7 nitrogen and oxygen atoms in total. The number of amides is 1. The van der Waals surface area contributed by atoms with Crippen molar-refractivity contribution in [2.75, 3.05) is 19.7 Å². The Hall–Kier alpha value is -3.35. The second-order valence-corrected chi connectivity index (χ2v) is 8.28. The van der Waals surface area contributed by atoms with E-state index in [9.17, 15) is 9.59 Å². The van der Waals surface area contributed by atoms with Gasteiger partial charge in [0, 0.05) is 31.3 Å². The minimum atomic E-state index is -0.991. The molecule has 2 heterocycles. The molecule has 1 fully saturated rings. The Morgan fingerprint density at radius 2 is 1.65 bits per heavy atom. The molecule has 0 spiro atoms. The van der Waals surface area contributed by atoms with Gasteiger partial charge in [-0.25, -0.2) is 9.59 Å². The van der Waals surface area contributed by atoms with Crippen LogP contribution in [0, 0.1) is 5.92 Å². The van der Waals surface area contributed by atoms with Crippen LogP contribution in [0.4, 0.5) is 4.79 Å². The van der Waals surface area contributed by atoms with Gasteiger partial charge in [-0.3, -0.25) is 0 Å². The zero-order valence-electron chi connectivity index (χ0n) is 17.1. The molecule has 0 radical (unpaired) electrons. The highest BCUT2D eigenvalue weighted by atomic mass is 16.7. The molecule has 2 aliphatic heterocycles. The third-order valence-electron chi connectivity index (χ3n) is 6.53. The Morgan fingerprint density at radius 1 is 1.03 bits per heavy atom. The maximum Gasteiger partial charge on any atom is 0.409 e. The number of likely N-dealkylation sites (tertiary alicyclic amines) is 1. The average Bonchev–Trinajstić information content (AvgIpc) is 3.42. The summed E-state index contributed by atoms with van der Waals surface area (Å²) in [5.74, 6) is -0.788. The molecular weight excluding hydrogens is 396 g/mol. The van der Waals surface area contributed by atoms with Crippen molar-refractivity contribution in [2.45, 2.75) is 31.3 Å². The third-order valence-corrected chi connectivity index (χ3v) is 6.53. The summed E-state index contributed by atoms with van der Waals surface area (Å²) in [6, 6.07) is 16.6. The first kappa shape index (κ1) is 19.6. The highest BCUT2D eigenvalue weighted by Gasteiger charge is 2.35. The van der Waals surface area contributed by atoms with Crippen LogP contribution in [0.3, 0.4) is 0 Å². The number of benzene rings is 2. The summed E-state index contributed by atoms with van der Waals surface area (Å²) in [5, 5.41) is 13.0. The molecule has 7 heteroatoms. The minimum absolute atomic E-state index is 0.0480. The van der Waals surface area contributed by atoms with E-state index >= 15 is 0 Å². The molecule has 3 aliphatic rings. The fourth-order valence-corrected chi connectivity index (χ4v) is 4.85. The fraction of sp³-hybridized carbons (Fsp3) is 0.375. The number of aliphatic carboxylic acids is 1. The molecule has 1 unspecified atom stereocenters. The number of piperidine rings is 1. The number of hydrogen-bond donors (Lipinski definition) is 1. The van der Waals surface area contributed by atoms with Crippen LogP contribution in [0.15, 0.2) is 53.7 Å². The molecule has 1 saturated heterocycles. The molecule has 1 aliphatic carbocycles. The van der Waals surface area contributed by atoms with Crippen molar-refractivity contribution < 1.29 is 24.3 Å². The summed E-state index contributed by atoms with van der Waals surface area (Å²) >= 11 is 0. The number of nitrogens with zero attached hydrogens (tertiary/aromatic N) is 2. The summed E-state index contributed by atoms with van der Waals surface area (Å²) in [5.41, 5.74) is 5.60. The van der Waals surface area contributed by atoms with E-state index in [2.05, 4.69) is 29.4 Å². The number of carbonyl (C=O) groups is 2. The number of fused-ring (bicyclic) bond motifs is 3. The van der Waals surface area contributed by atoms with Crippen molar-refractivity contribution in [3.63, 3.8) is 0 Å². The topological polar surface area (TPSA) is 88.4 Å². The summed E-state index contributed by atoms with van der Waals surface area (Å²) < 4.78 is 5.74. The first-order chi connectivity index (χ1) is 15.1. The molecule has 5 rings (SSSR count). The van der Waals surface area contributed by atoms with Crippen LogP contribution in [-0.2, 0) is 14.4 Å². The van der Waals surface area contributed by atoms with Crippen LogP contribution in [0.25, 0.3) is 11.1 Å². The minimum Gasteiger partial charge on any atom is -0.478 e. The van der Waals surface area contributed by atoms with Gasteiger partial charge in [0.2, 0.25) is 6.10 Å². The number of rotatable bonds is 4. The quantitative estimate of drug-likeness (QED) is 0.811. The summed E-state index contributed by atoms with van der Waals surface area (Å²) in [6.07, 6.45) is 0.617. The molecular formula is C24H24N2O5. The lowest BCUT2D eigenvalue weighted by atomic mass is 9.89. The van der Waals surface area contributed by atoms with Crippen molar-refractivity contribution in [1.82, 2.24) is 4.90 Å². The predicted octanol–water partition coefficient (Wildman–Crippen LogP) is 3.88. The maximum atomic E-state index is 12.7. The highest BCUT2D eigenvalue weighted by molar-refractivity contribution is 5.92. The van der Waals surface area contributed by atoms with Gasteiger partial charge in [-0.15, -0.1) is 0 Å². The molecule has 2 aromatic rings. The molecule has 1 N–H and O–H groups in total. The standard InChI is InChI=1S/C24H24N2O5/c27-23(28)22-13-21(25-31-22)15-9-11-26(12-10-15)24(29)30-14-20-18-7-3-1-5-16(18)17-6-2-4-8-19(17)20/h1-8,15,20,22H,9-14H2,(H,27,28).